The van der Waals surface area contributed by atoms with Gasteiger partial charge in [0.1, 0.15) is 23.3 Å². The summed E-state index contributed by atoms with van der Waals surface area (Å²) in [4.78, 5) is 32.3. The zero-order chi connectivity index (χ0) is 26.9. The standard InChI is InChI=1S/C30H29N7O2/c1-4-28(38)37-13-5-6-20(16-37)23-9-10-24-29(35-23)30(32-17-31-24)34-21-7-12-27(19(2)14-21)39-22-8-11-26-25(15-22)33-18-36(26)3/h4,7-12,14-15,17-18,20H,1,5-6,13,16H2,2-3H3,(H,31,32,34). The van der Waals surface area contributed by atoms with Crippen LogP contribution in [0.4, 0.5) is 11.5 Å². The quantitative estimate of drug-likeness (QED) is 0.290. The second kappa shape index (κ2) is 10.2. The second-order valence-corrected chi connectivity index (χ2v) is 9.87. The fourth-order valence-electron chi connectivity index (χ4n) is 5.11. The first-order chi connectivity index (χ1) is 19.0. The van der Waals surface area contributed by atoms with Crippen LogP contribution in [0.3, 0.4) is 0 Å². The van der Waals surface area contributed by atoms with Gasteiger partial charge in [-0.2, -0.15) is 0 Å². The van der Waals surface area contributed by atoms with E-state index in [-0.39, 0.29) is 11.8 Å². The minimum absolute atomic E-state index is 0.0359. The number of imidazole rings is 1. The Bertz CT molecular complexity index is 1710. The van der Waals surface area contributed by atoms with Gasteiger partial charge < -0.3 is 19.5 Å². The molecule has 0 saturated carbocycles. The summed E-state index contributed by atoms with van der Waals surface area (Å²) in [5.74, 6) is 2.25. The Morgan fingerprint density at radius 1 is 1.10 bits per heavy atom. The topological polar surface area (TPSA) is 98.1 Å². The summed E-state index contributed by atoms with van der Waals surface area (Å²) in [6.07, 6.45) is 6.62. The molecule has 5 aromatic rings. The number of aryl methyl sites for hydroxylation is 2. The molecule has 0 bridgehead atoms. The molecule has 9 heteroatoms. The molecule has 196 valence electrons. The molecule has 1 saturated heterocycles. The van der Waals surface area contributed by atoms with Gasteiger partial charge in [-0.15, -0.1) is 0 Å². The highest BCUT2D eigenvalue weighted by atomic mass is 16.5. The second-order valence-electron chi connectivity index (χ2n) is 9.87. The van der Waals surface area contributed by atoms with Crippen molar-refractivity contribution in [3.05, 3.63) is 85.1 Å². The van der Waals surface area contributed by atoms with E-state index in [1.54, 1.807) is 6.33 Å². The number of pyridine rings is 1. The molecule has 4 heterocycles. The van der Waals surface area contributed by atoms with Crippen LogP contribution in [0, 0.1) is 6.92 Å². The van der Waals surface area contributed by atoms with Gasteiger partial charge in [0.25, 0.3) is 0 Å². The van der Waals surface area contributed by atoms with Gasteiger partial charge in [0.05, 0.1) is 22.9 Å². The van der Waals surface area contributed by atoms with E-state index < -0.39 is 0 Å². The number of nitrogens with one attached hydrogen (secondary N) is 1. The van der Waals surface area contributed by atoms with E-state index in [2.05, 4.69) is 26.8 Å². The first-order valence-electron chi connectivity index (χ1n) is 13.0. The molecule has 1 unspecified atom stereocenters. The lowest BCUT2D eigenvalue weighted by Gasteiger charge is -2.31. The van der Waals surface area contributed by atoms with Crippen LogP contribution in [0.15, 0.2) is 73.8 Å². The summed E-state index contributed by atoms with van der Waals surface area (Å²) < 4.78 is 8.15. The fourth-order valence-corrected chi connectivity index (χ4v) is 5.11. The number of rotatable bonds is 6. The monoisotopic (exact) mass is 519 g/mol. The highest BCUT2D eigenvalue weighted by Gasteiger charge is 2.25. The van der Waals surface area contributed by atoms with Gasteiger partial charge in [0, 0.05) is 43.5 Å². The number of hydrogen-bond donors (Lipinski definition) is 1. The lowest BCUT2D eigenvalue weighted by atomic mass is 9.94. The number of ether oxygens (including phenoxy) is 1. The molecule has 6 rings (SSSR count). The predicted molar refractivity (Wildman–Crippen MR) is 151 cm³/mol. The third kappa shape index (κ3) is 4.90. The summed E-state index contributed by atoms with van der Waals surface area (Å²) in [5.41, 5.74) is 6.18. The van der Waals surface area contributed by atoms with Crippen LogP contribution in [-0.4, -0.2) is 48.4 Å². The van der Waals surface area contributed by atoms with E-state index in [9.17, 15) is 4.79 Å². The van der Waals surface area contributed by atoms with E-state index in [1.807, 2.05) is 72.0 Å². The molecule has 0 spiro atoms. The molecular formula is C30H29N7O2. The third-order valence-electron chi connectivity index (χ3n) is 7.19. The van der Waals surface area contributed by atoms with E-state index in [0.29, 0.717) is 17.9 Å². The first kappa shape index (κ1) is 24.5. The third-order valence-corrected chi connectivity index (χ3v) is 7.19. The number of aromatic nitrogens is 5. The Labute approximate surface area is 226 Å². The number of hydrogen-bond acceptors (Lipinski definition) is 7. The number of anilines is 2. The van der Waals surface area contributed by atoms with Crippen LogP contribution < -0.4 is 10.1 Å². The van der Waals surface area contributed by atoms with Crippen LogP contribution in [0.2, 0.25) is 0 Å². The smallest absolute Gasteiger partial charge is 0.245 e. The molecule has 3 aromatic heterocycles. The Morgan fingerprint density at radius 3 is 2.85 bits per heavy atom. The van der Waals surface area contributed by atoms with Crippen LogP contribution in [0.1, 0.15) is 30.0 Å². The average molecular weight is 520 g/mol. The highest BCUT2D eigenvalue weighted by molar-refractivity contribution is 5.88. The van der Waals surface area contributed by atoms with Crippen molar-refractivity contribution in [1.29, 1.82) is 0 Å². The lowest BCUT2D eigenvalue weighted by Crippen LogP contribution is -2.38. The molecule has 1 N–H and O–H groups in total. The molecule has 1 fully saturated rings. The zero-order valence-electron chi connectivity index (χ0n) is 22.0. The Hall–Kier alpha value is -4.79. The SMILES string of the molecule is C=CC(=O)N1CCCC(c2ccc3ncnc(Nc4ccc(Oc5ccc6c(c5)ncn6C)c(C)c4)c3n2)C1. The van der Waals surface area contributed by atoms with Crippen molar-refractivity contribution in [2.75, 3.05) is 18.4 Å². The van der Waals surface area contributed by atoms with Crippen LogP contribution in [0.25, 0.3) is 22.1 Å². The van der Waals surface area contributed by atoms with Gasteiger partial charge in [-0.05, 0) is 73.9 Å². The fraction of sp³-hybridized carbons (Fsp3) is 0.233. The normalized spacial score (nSPS) is 15.4. The summed E-state index contributed by atoms with van der Waals surface area (Å²) in [6.45, 7) is 7.02. The van der Waals surface area contributed by atoms with Crippen molar-refractivity contribution >= 4 is 39.5 Å². The summed E-state index contributed by atoms with van der Waals surface area (Å²) in [7, 11) is 1.97. The molecule has 1 aliphatic rings. The first-order valence-corrected chi connectivity index (χ1v) is 13.0. The van der Waals surface area contributed by atoms with E-state index in [0.717, 1.165) is 64.4 Å². The van der Waals surface area contributed by atoms with Crippen molar-refractivity contribution in [3.8, 4) is 11.5 Å². The van der Waals surface area contributed by atoms with Gasteiger partial charge in [-0.3, -0.25) is 4.79 Å². The molecule has 39 heavy (non-hydrogen) atoms. The molecule has 1 atom stereocenters. The predicted octanol–water partition coefficient (Wildman–Crippen LogP) is 5.65. The Kier molecular flexibility index (Phi) is 6.40. The van der Waals surface area contributed by atoms with Crippen molar-refractivity contribution < 1.29 is 9.53 Å². The largest absolute Gasteiger partial charge is 0.457 e. The maximum absolute atomic E-state index is 12.2. The summed E-state index contributed by atoms with van der Waals surface area (Å²) >= 11 is 0. The summed E-state index contributed by atoms with van der Waals surface area (Å²) in [6, 6.07) is 15.8. The van der Waals surface area contributed by atoms with E-state index in [4.69, 9.17) is 9.72 Å². The number of benzene rings is 2. The van der Waals surface area contributed by atoms with Gasteiger partial charge in [-0.25, -0.2) is 19.9 Å². The van der Waals surface area contributed by atoms with Crippen LogP contribution in [-0.2, 0) is 11.8 Å². The maximum Gasteiger partial charge on any atom is 0.245 e. The molecule has 0 radical (unpaired) electrons. The molecule has 0 aliphatic carbocycles. The number of amides is 1. The van der Waals surface area contributed by atoms with E-state index >= 15 is 0 Å². The Balaban J connectivity index is 1.23. The molecule has 2 aromatic carbocycles. The van der Waals surface area contributed by atoms with Gasteiger partial charge in [0.2, 0.25) is 5.91 Å². The number of fused-ring (bicyclic) bond motifs is 2. The maximum atomic E-state index is 12.2. The van der Waals surface area contributed by atoms with Gasteiger partial charge >= 0.3 is 0 Å². The minimum atomic E-state index is -0.0359. The molecule has 1 amide bonds. The summed E-state index contributed by atoms with van der Waals surface area (Å²) in [5, 5.41) is 3.41. The minimum Gasteiger partial charge on any atom is -0.457 e. The van der Waals surface area contributed by atoms with E-state index in [1.165, 1.54) is 12.4 Å². The Morgan fingerprint density at radius 2 is 2.00 bits per heavy atom. The number of carbonyl (C=O) groups excluding carboxylic acids is 1. The number of carbonyl (C=O) groups is 1. The number of nitrogens with zero attached hydrogens (tertiary/aromatic N) is 6. The lowest BCUT2D eigenvalue weighted by molar-refractivity contribution is -0.127. The number of piperidine rings is 1. The highest BCUT2D eigenvalue weighted by Crippen LogP contribution is 2.32. The zero-order valence-corrected chi connectivity index (χ0v) is 22.0. The van der Waals surface area contributed by atoms with Crippen molar-refractivity contribution in [2.24, 2.45) is 7.05 Å². The molecular weight excluding hydrogens is 490 g/mol. The average Bonchev–Trinajstić information content (AvgIpc) is 3.33. The van der Waals surface area contributed by atoms with Crippen LogP contribution >= 0.6 is 0 Å². The van der Waals surface area contributed by atoms with Crippen LogP contribution in [0.5, 0.6) is 11.5 Å². The van der Waals surface area contributed by atoms with Crippen molar-refractivity contribution in [2.45, 2.75) is 25.7 Å². The van der Waals surface area contributed by atoms with Gasteiger partial charge in [-0.1, -0.05) is 6.58 Å². The number of likely N-dealkylation sites (tertiary alicyclic amines) is 1. The van der Waals surface area contributed by atoms with Crippen molar-refractivity contribution in [1.82, 2.24) is 29.4 Å². The molecule has 9 nitrogen and oxygen atoms in total. The molecule has 1 aliphatic heterocycles. The van der Waals surface area contributed by atoms with Gasteiger partial charge in [0.15, 0.2) is 5.82 Å². The van der Waals surface area contributed by atoms with Crippen molar-refractivity contribution in [3.63, 3.8) is 0 Å².